The van der Waals surface area contributed by atoms with E-state index in [2.05, 4.69) is 14.7 Å². The first kappa shape index (κ1) is 11.9. The van der Waals surface area contributed by atoms with Gasteiger partial charge in [0.05, 0.1) is 14.2 Å². The molecule has 0 saturated heterocycles. The molecule has 0 aliphatic carbocycles. The molecule has 0 saturated carbocycles. The summed E-state index contributed by atoms with van der Waals surface area (Å²) >= 11 is 0. The zero-order chi connectivity index (χ0) is 13.1. The van der Waals surface area contributed by atoms with Crippen LogP contribution in [0, 0.1) is 0 Å². The van der Waals surface area contributed by atoms with Crippen molar-refractivity contribution in [2.24, 2.45) is 0 Å². The van der Waals surface area contributed by atoms with Gasteiger partial charge in [0, 0.05) is 11.6 Å². The van der Waals surface area contributed by atoms with Gasteiger partial charge in [0.15, 0.2) is 0 Å². The molecule has 1 aromatic heterocycles. The number of carbonyl (C=O) groups is 1. The zero-order valence-corrected chi connectivity index (χ0v) is 9.71. The van der Waals surface area contributed by atoms with E-state index in [-0.39, 0.29) is 5.82 Å². The van der Waals surface area contributed by atoms with Crippen LogP contribution in [0.15, 0.2) is 22.7 Å². The Balaban J connectivity index is 2.45. The van der Waals surface area contributed by atoms with Crippen LogP contribution in [0.1, 0.15) is 10.7 Å². The molecular weight excluding hydrogens is 240 g/mol. The Labute approximate surface area is 102 Å². The number of nitrogens with zero attached hydrogens (tertiary/aromatic N) is 2. The van der Waals surface area contributed by atoms with Gasteiger partial charge >= 0.3 is 11.9 Å². The second-order valence-electron chi connectivity index (χ2n) is 3.33. The van der Waals surface area contributed by atoms with E-state index in [0.717, 1.165) is 0 Å². The molecule has 0 atom stereocenters. The molecule has 0 radical (unpaired) electrons. The number of aromatic carboxylic acids is 1. The van der Waals surface area contributed by atoms with Gasteiger partial charge < -0.3 is 19.1 Å². The number of methoxy groups -OCH3 is 2. The topological polar surface area (TPSA) is 94.7 Å². The van der Waals surface area contributed by atoms with Crippen molar-refractivity contribution in [1.29, 1.82) is 0 Å². The van der Waals surface area contributed by atoms with Crippen LogP contribution in [0.2, 0.25) is 0 Å². The lowest BCUT2D eigenvalue weighted by atomic mass is 10.2. The lowest BCUT2D eigenvalue weighted by molar-refractivity contribution is 0.0643. The van der Waals surface area contributed by atoms with Gasteiger partial charge in [-0.2, -0.15) is 4.98 Å². The van der Waals surface area contributed by atoms with Crippen molar-refractivity contribution in [1.82, 2.24) is 10.1 Å². The molecule has 0 aliphatic heterocycles. The number of hydrogen-bond acceptors (Lipinski definition) is 6. The van der Waals surface area contributed by atoms with E-state index >= 15 is 0 Å². The molecule has 0 amide bonds. The quantitative estimate of drug-likeness (QED) is 0.877. The van der Waals surface area contributed by atoms with Crippen molar-refractivity contribution < 1.29 is 23.9 Å². The minimum atomic E-state index is -1.27. The van der Waals surface area contributed by atoms with Crippen LogP contribution in [-0.2, 0) is 0 Å². The van der Waals surface area contributed by atoms with Gasteiger partial charge in [-0.3, -0.25) is 0 Å². The maximum absolute atomic E-state index is 10.6. The second-order valence-corrected chi connectivity index (χ2v) is 3.33. The van der Waals surface area contributed by atoms with E-state index in [1.165, 1.54) is 14.2 Å². The zero-order valence-electron chi connectivity index (χ0n) is 9.71. The highest BCUT2D eigenvalue weighted by Crippen LogP contribution is 2.28. The van der Waals surface area contributed by atoms with Crippen molar-refractivity contribution in [3.63, 3.8) is 0 Å². The van der Waals surface area contributed by atoms with Gasteiger partial charge in [0.25, 0.3) is 0 Å². The van der Waals surface area contributed by atoms with Gasteiger partial charge in [-0.05, 0) is 12.1 Å². The molecule has 0 fully saturated rings. The summed E-state index contributed by atoms with van der Waals surface area (Å²) < 4.78 is 14.8. The molecular formula is C11H10N2O5. The summed E-state index contributed by atoms with van der Waals surface area (Å²) in [7, 11) is 3.02. The van der Waals surface area contributed by atoms with Crippen LogP contribution < -0.4 is 9.47 Å². The summed E-state index contributed by atoms with van der Waals surface area (Å²) in [6.07, 6.45) is 0. The predicted molar refractivity (Wildman–Crippen MR) is 59.8 cm³/mol. The average Bonchev–Trinajstić information content (AvgIpc) is 2.87. The van der Waals surface area contributed by atoms with E-state index in [1.807, 2.05) is 0 Å². The van der Waals surface area contributed by atoms with E-state index in [9.17, 15) is 4.79 Å². The number of ether oxygens (including phenoxy) is 2. The molecule has 1 N–H and O–H groups in total. The summed E-state index contributed by atoms with van der Waals surface area (Å²) in [5, 5.41) is 12.3. The Morgan fingerprint density at radius 3 is 2.28 bits per heavy atom. The number of aromatic nitrogens is 2. The predicted octanol–water partition coefficient (Wildman–Crippen LogP) is 1.45. The number of rotatable bonds is 4. The number of carboxylic acid groups (broad SMARTS) is 1. The van der Waals surface area contributed by atoms with E-state index in [0.29, 0.717) is 17.1 Å². The minimum Gasteiger partial charge on any atom is -0.497 e. The molecule has 0 spiro atoms. The highest BCUT2D eigenvalue weighted by atomic mass is 16.5. The highest BCUT2D eigenvalue weighted by Gasteiger charge is 2.15. The van der Waals surface area contributed by atoms with Gasteiger partial charge in [-0.1, -0.05) is 5.16 Å². The Hall–Kier alpha value is -2.57. The summed E-state index contributed by atoms with van der Waals surface area (Å²) in [4.78, 5) is 14.4. The van der Waals surface area contributed by atoms with Crippen LogP contribution in [0.5, 0.6) is 11.5 Å². The lowest BCUT2D eigenvalue weighted by Crippen LogP contribution is -1.95. The van der Waals surface area contributed by atoms with Crippen LogP contribution in [-0.4, -0.2) is 35.4 Å². The fourth-order valence-electron chi connectivity index (χ4n) is 1.36. The number of carboxylic acids is 1. The van der Waals surface area contributed by atoms with E-state index < -0.39 is 11.9 Å². The van der Waals surface area contributed by atoms with Crippen molar-refractivity contribution in [2.45, 2.75) is 0 Å². The maximum Gasteiger partial charge on any atom is 0.394 e. The van der Waals surface area contributed by atoms with Gasteiger partial charge in [-0.25, -0.2) is 4.79 Å². The molecule has 7 nitrogen and oxygen atoms in total. The minimum absolute atomic E-state index is 0.157. The number of benzene rings is 1. The fourth-order valence-corrected chi connectivity index (χ4v) is 1.36. The Morgan fingerprint density at radius 1 is 1.22 bits per heavy atom. The highest BCUT2D eigenvalue weighted by molar-refractivity contribution is 5.82. The Morgan fingerprint density at radius 2 is 1.83 bits per heavy atom. The second kappa shape index (κ2) is 4.74. The average molecular weight is 250 g/mol. The summed E-state index contributed by atoms with van der Waals surface area (Å²) in [6, 6.07) is 4.99. The van der Waals surface area contributed by atoms with Crippen molar-refractivity contribution in [3.05, 3.63) is 24.1 Å². The summed E-state index contributed by atoms with van der Waals surface area (Å²) in [5.41, 5.74) is 0.544. The summed E-state index contributed by atoms with van der Waals surface area (Å²) in [6.45, 7) is 0. The van der Waals surface area contributed by atoms with Crippen molar-refractivity contribution in [2.75, 3.05) is 14.2 Å². The summed E-state index contributed by atoms with van der Waals surface area (Å²) in [5.74, 6) is -0.489. The smallest absolute Gasteiger partial charge is 0.394 e. The van der Waals surface area contributed by atoms with Crippen LogP contribution in [0.4, 0.5) is 0 Å². The third-order valence-electron chi connectivity index (χ3n) is 2.22. The Kier molecular flexibility index (Phi) is 3.13. The van der Waals surface area contributed by atoms with Crippen molar-refractivity contribution >= 4 is 5.97 Å². The normalized spacial score (nSPS) is 10.1. The van der Waals surface area contributed by atoms with Gasteiger partial charge in [0.1, 0.15) is 11.5 Å². The molecule has 0 unspecified atom stereocenters. The van der Waals surface area contributed by atoms with Crippen LogP contribution >= 0.6 is 0 Å². The fraction of sp³-hybridized carbons (Fsp3) is 0.182. The molecule has 18 heavy (non-hydrogen) atoms. The van der Waals surface area contributed by atoms with E-state index in [4.69, 9.17) is 14.6 Å². The van der Waals surface area contributed by atoms with Crippen LogP contribution in [0.3, 0.4) is 0 Å². The molecule has 0 aliphatic rings. The first-order valence-corrected chi connectivity index (χ1v) is 4.94. The standard InChI is InChI=1S/C11H10N2O5/c1-16-7-3-6(4-8(5-7)17-2)9-12-10(11(14)15)18-13-9/h3-5H,1-2H3,(H,14,15). The Bertz CT molecular complexity index is 556. The monoisotopic (exact) mass is 250 g/mol. The molecule has 94 valence electrons. The molecule has 0 bridgehead atoms. The number of hydrogen-bond donors (Lipinski definition) is 1. The third-order valence-corrected chi connectivity index (χ3v) is 2.22. The largest absolute Gasteiger partial charge is 0.497 e. The first-order chi connectivity index (χ1) is 8.63. The molecule has 2 aromatic rings. The molecule has 2 rings (SSSR count). The van der Waals surface area contributed by atoms with E-state index in [1.54, 1.807) is 18.2 Å². The molecule has 1 aromatic carbocycles. The first-order valence-electron chi connectivity index (χ1n) is 4.94. The third kappa shape index (κ3) is 2.24. The van der Waals surface area contributed by atoms with Crippen molar-refractivity contribution in [3.8, 4) is 22.9 Å². The molecule has 1 heterocycles. The maximum atomic E-state index is 10.6. The molecule has 7 heteroatoms. The van der Waals surface area contributed by atoms with Gasteiger partial charge in [-0.15, -0.1) is 0 Å². The lowest BCUT2D eigenvalue weighted by Gasteiger charge is -2.05. The van der Waals surface area contributed by atoms with Gasteiger partial charge in [0.2, 0.25) is 5.82 Å². The SMILES string of the molecule is COc1cc(OC)cc(-c2noc(C(=O)O)n2)c1. The van der Waals surface area contributed by atoms with Crippen LogP contribution in [0.25, 0.3) is 11.4 Å².